The number of benzene rings is 1. The van der Waals surface area contributed by atoms with Gasteiger partial charge in [0.25, 0.3) is 5.91 Å². The zero-order chi connectivity index (χ0) is 15.2. The van der Waals surface area contributed by atoms with Gasteiger partial charge in [-0.05, 0) is 24.5 Å². The van der Waals surface area contributed by atoms with Gasteiger partial charge in [0.2, 0.25) is 0 Å². The van der Waals surface area contributed by atoms with E-state index in [1.807, 2.05) is 6.07 Å². The van der Waals surface area contributed by atoms with Crippen molar-refractivity contribution < 1.29 is 19.4 Å². The second-order valence-electron chi connectivity index (χ2n) is 5.10. The number of amides is 1. The van der Waals surface area contributed by atoms with E-state index in [0.29, 0.717) is 31.0 Å². The van der Waals surface area contributed by atoms with Crippen molar-refractivity contribution in [2.24, 2.45) is 5.92 Å². The molecular weight excluding hydrogens is 270 g/mol. The van der Waals surface area contributed by atoms with E-state index in [1.54, 1.807) is 29.2 Å². The van der Waals surface area contributed by atoms with Gasteiger partial charge < -0.3 is 14.7 Å². The van der Waals surface area contributed by atoms with Gasteiger partial charge in [-0.2, -0.15) is 0 Å². The molecule has 1 aliphatic heterocycles. The smallest absolute Gasteiger partial charge is 0.303 e. The number of para-hydroxylation sites is 1. The summed E-state index contributed by atoms with van der Waals surface area (Å²) in [5.74, 6) is -0.358. The molecule has 112 valence electrons. The minimum absolute atomic E-state index is 0.0349. The van der Waals surface area contributed by atoms with E-state index in [9.17, 15) is 9.59 Å². The van der Waals surface area contributed by atoms with Gasteiger partial charge in [0.1, 0.15) is 12.4 Å². The number of ether oxygens (including phenoxy) is 1. The van der Waals surface area contributed by atoms with Gasteiger partial charge in [-0.15, -0.1) is 0 Å². The third kappa shape index (κ3) is 3.84. The Balaban J connectivity index is 2.07. The summed E-state index contributed by atoms with van der Waals surface area (Å²) < 4.78 is 5.50. The average Bonchev–Trinajstić information content (AvgIpc) is 2.92. The van der Waals surface area contributed by atoms with Crippen molar-refractivity contribution in [3.05, 3.63) is 42.5 Å². The lowest BCUT2D eigenvalue weighted by Crippen LogP contribution is -2.29. The first kappa shape index (κ1) is 15.1. The SMILES string of the molecule is C=CCOc1ccccc1C(=O)N1CCC(CC(=O)O)C1. The summed E-state index contributed by atoms with van der Waals surface area (Å²) in [6.07, 6.45) is 2.46. The summed E-state index contributed by atoms with van der Waals surface area (Å²) in [6, 6.07) is 7.08. The Labute approximate surface area is 123 Å². The van der Waals surface area contributed by atoms with Crippen LogP contribution in [0.2, 0.25) is 0 Å². The van der Waals surface area contributed by atoms with Crippen LogP contribution in [0.1, 0.15) is 23.2 Å². The van der Waals surface area contributed by atoms with E-state index >= 15 is 0 Å². The first-order valence-electron chi connectivity index (χ1n) is 6.95. The molecule has 1 fully saturated rings. The summed E-state index contributed by atoms with van der Waals surface area (Å²) >= 11 is 0. The predicted molar refractivity (Wildman–Crippen MR) is 78.4 cm³/mol. The molecule has 1 heterocycles. The van der Waals surface area contributed by atoms with Gasteiger partial charge in [-0.1, -0.05) is 24.8 Å². The van der Waals surface area contributed by atoms with Crippen LogP contribution in [0, 0.1) is 5.92 Å². The second kappa shape index (κ2) is 6.92. The maximum atomic E-state index is 12.5. The number of likely N-dealkylation sites (tertiary alicyclic amines) is 1. The van der Waals surface area contributed by atoms with E-state index < -0.39 is 5.97 Å². The van der Waals surface area contributed by atoms with Crippen LogP contribution in [0.4, 0.5) is 0 Å². The largest absolute Gasteiger partial charge is 0.489 e. The van der Waals surface area contributed by atoms with Crippen LogP contribution in [-0.4, -0.2) is 41.6 Å². The number of carboxylic acids is 1. The van der Waals surface area contributed by atoms with E-state index in [-0.39, 0.29) is 18.2 Å². The Kier molecular flexibility index (Phi) is 4.98. The molecule has 0 aromatic heterocycles. The zero-order valence-corrected chi connectivity index (χ0v) is 11.8. The Morgan fingerprint density at radius 2 is 2.19 bits per heavy atom. The molecular formula is C16H19NO4. The highest BCUT2D eigenvalue weighted by Gasteiger charge is 2.29. The minimum atomic E-state index is -0.816. The molecule has 2 rings (SSSR count). The van der Waals surface area contributed by atoms with Crippen LogP contribution in [0.5, 0.6) is 5.75 Å². The molecule has 5 nitrogen and oxygen atoms in total. The molecule has 0 saturated carbocycles. The summed E-state index contributed by atoms with van der Waals surface area (Å²) in [5, 5.41) is 8.82. The van der Waals surface area contributed by atoms with Crippen molar-refractivity contribution in [1.29, 1.82) is 0 Å². The summed E-state index contributed by atoms with van der Waals surface area (Å²) in [7, 11) is 0. The highest BCUT2D eigenvalue weighted by Crippen LogP contribution is 2.25. The van der Waals surface area contributed by atoms with E-state index in [2.05, 4.69) is 6.58 Å². The van der Waals surface area contributed by atoms with Crippen molar-refractivity contribution in [2.45, 2.75) is 12.8 Å². The summed E-state index contributed by atoms with van der Waals surface area (Å²) in [5.41, 5.74) is 0.510. The fourth-order valence-corrected chi connectivity index (χ4v) is 2.52. The molecule has 1 unspecified atom stereocenters. The fourth-order valence-electron chi connectivity index (χ4n) is 2.52. The third-order valence-electron chi connectivity index (χ3n) is 3.51. The van der Waals surface area contributed by atoms with Crippen LogP contribution in [0.15, 0.2) is 36.9 Å². The summed E-state index contributed by atoms with van der Waals surface area (Å²) in [4.78, 5) is 25.0. The van der Waals surface area contributed by atoms with Crippen LogP contribution in [0.25, 0.3) is 0 Å². The average molecular weight is 289 g/mol. The number of carbonyl (C=O) groups excluding carboxylic acids is 1. The van der Waals surface area contributed by atoms with Crippen molar-refractivity contribution in [1.82, 2.24) is 4.90 Å². The maximum Gasteiger partial charge on any atom is 0.303 e. The van der Waals surface area contributed by atoms with Gasteiger partial charge >= 0.3 is 5.97 Å². The number of hydrogen-bond acceptors (Lipinski definition) is 3. The quantitative estimate of drug-likeness (QED) is 0.815. The van der Waals surface area contributed by atoms with Crippen LogP contribution < -0.4 is 4.74 Å². The molecule has 0 aliphatic carbocycles. The highest BCUT2D eigenvalue weighted by molar-refractivity contribution is 5.97. The molecule has 1 aromatic rings. The second-order valence-corrected chi connectivity index (χ2v) is 5.10. The van der Waals surface area contributed by atoms with Gasteiger partial charge in [0.15, 0.2) is 0 Å². The standard InChI is InChI=1S/C16H19NO4/c1-2-9-21-14-6-4-3-5-13(14)16(20)17-8-7-12(11-17)10-15(18)19/h2-6,12H,1,7-11H2,(H,18,19). The number of aliphatic carboxylic acids is 1. The monoisotopic (exact) mass is 289 g/mol. The van der Waals surface area contributed by atoms with E-state index in [0.717, 1.165) is 6.42 Å². The molecule has 1 saturated heterocycles. The molecule has 0 bridgehead atoms. The number of hydrogen-bond donors (Lipinski definition) is 1. The number of nitrogens with zero attached hydrogens (tertiary/aromatic N) is 1. The molecule has 1 aromatic carbocycles. The van der Waals surface area contributed by atoms with Crippen LogP contribution in [0.3, 0.4) is 0 Å². The lowest BCUT2D eigenvalue weighted by molar-refractivity contribution is -0.138. The number of carbonyl (C=O) groups is 2. The Morgan fingerprint density at radius 1 is 1.43 bits per heavy atom. The van der Waals surface area contributed by atoms with Crippen LogP contribution in [-0.2, 0) is 4.79 Å². The molecule has 1 atom stereocenters. The molecule has 1 aliphatic rings. The maximum absolute atomic E-state index is 12.5. The van der Waals surface area contributed by atoms with Crippen molar-refractivity contribution in [3.8, 4) is 5.75 Å². The number of carboxylic acid groups (broad SMARTS) is 1. The van der Waals surface area contributed by atoms with Gasteiger partial charge in [0.05, 0.1) is 5.56 Å². The molecule has 21 heavy (non-hydrogen) atoms. The first-order chi connectivity index (χ1) is 10.1. The Bertz CT molecular complexity index is 541. The molecule has 1 amide bonds. The van der Waals surface area contributed by atoms with Gasteiger partial charge in [0, 0.05) is 19.5 Å². The van der Waals surface area contributed by atoms with E-state index in [4.69, 9.17) is 9.84 Å². The third-order valence-corrected chi connectivity index (χ3v) is 3.51. The Hall–Kier alpha value is -2.30. The van der Waals surface area contributed by atoms with Gasteiger partial charge in [-0.25, -0.2) is 0 Å². The number of rotatable bonds is 6. The zero-order valence-electron chi connectivity index (χ0n) is 11.8. The molecule has 0 radical (unpaired) electrons. The highest BCUT2D eigenvalue weighted by atomic mass is 16.5. The minimum Gasteiger partial charge on any atom is -0.489 e. The first-order valence-corrected chi connectivity index (χ1v) is 6.95. The van der Waals surface area contributed by atoms with Crippen LogP contribution >= 0.6 is 0 Å². The van der Waals surface area contributed by atoms with Gasteiger partial charge in [-0.3, -0.25) is 9.59 Å². The van der Waals surface area contributed by atoms with E-state index in [1.165, 1.54) is 0 Å². The molecule has 1 N–H and O–H groups in total. The lowest BCUT2D eigenvalue weighted by atomic mass is 10.1. The van der Waals surface area contributed by atoms with Crippen molar-refractivity contribution in [3.63, 3.8) is 0 Å². The topological polar surface area (TPSA) is 66.8 Å². The lowest BCUT2D eigenvalue weighted by Gasteiger charge is -2.18. The fraction of sp³-hybridized carbons (Fsp3) is 0.375. The summed E-state index contributed by atoms with van der Waals surface area (Å²) in [6.45, 7) is 5.01. The molecule has 5 heteroatoms. The molecule has 0 spiro atoms. The Morgan fingerprint density at radius 3 is 2.90 bits per heavy atom. The van der Waals surface area contributed by atoms with Crippen molar-refractivity contribution >= 4 is 11.9 Å². The van der Waals surface area contributed by atoms with Crippen molar-refractivity contribution in [2.75, 3.05) is 19.7 Å². The normalized spacial score (nSPS) is 17.5. The predicted octanol–water partition coefficient (Wildman–Crippen LogP) is 2.19.